The van der Waals surface area contributed by atoms with Gasteiger partial charge in [-0.2, -0.15) is 13.2 Å². The van der Waals surface area contributed by atoms with Gasteiger partial charge >= 0.3 is 5.92 Å². The van der Waals surface area contributed by atoms with Gasteiger partial charge in [-0.25, -0.2) is 23.1 Å². The van der Waals surface area contributed by atoms with Gasteiger partial charge in [-0.05, 0) is 40.0 Å². The number of hydrogen-bond acceptors (Lipinski definition) is 6. The van der Waals surface area contributed by atoms with E-state index in [1.165, 1.54) is 13.0 Å². The van der Waals surface area contributed by atoms with Crippen LogP contribution < -0.4 is 10.9 Å². The first kappa shape index (κ1) is 26.1. The maximum Gasteiger partial charge on any atom is 0.303 e. The van der Waals surface area contributed by atoms with Crippen molar-refractivity contribution >= 4 is 16.7 Å². The van der Waals surface area contributed by atoms with Gasteiger partial charge in [0.15, 0.2) is 0 Å². The van der Waals surface area contributed by atoms with Crippen LogP contribution in [0.2, 0.25) is 0 Å². The molecule has 7 nitrogen and oxygen atoms in total. The number of aromatic nitrogens is 3. The summed E-state index contributed by atoms with van der Waals surface area (Å²) < 4.78 is 87.2. The molecular formula is C23H24F6N4O3. The Bertz CT molecular complexity index is 1330. The summed E-state index contributed by atoms with van der Waals surface area (Å²) in [5.74, 6) is -8.68. The van der Waals surface area contributed by atoms with E-state index >= 15 is 4.39 Å². The standard InChI is InChI=1S/C23H24F6N4O3/c1-10-30-16-12(9-33(19(35)15(16)25)22(7-8-22)20(26)27)17(31-10)32-18(34)11-5-4-6-13(14(11)24)23(28,29)21(2,3)36/h4,6,9,11,18,20,34,36H,5,7-8H2,1-3H3,(H,30,31,32)/t11?,18-/m1/s1. The third kappa shape index (κ3) is 4.07. The van der Waals surface area contributed by atoms with Crippen molar-refractivity contribution in [3.05, 3.63) is 51.7 Å². The van der Waals surface area contributed by atoms with Crippen molar-refractivity contribution in [2.75, 3.05) is 5.32 Å². The van der Waals surface area contributed by atoms with Crippen LogP contribution in [-0.4, -0.2) is 48.9 Å². The predicted molar refractivity (Wildman–Crippen MR) is 118 cm³/mol. The molecule has 0 aromatic carbocycles. The SMILES string of the molecule is Cc1nc(N[C@H](O)C2CC=CC(C(F)(F)C(C)(C)O)=C2F)c2cn(C3(C(F)F)CC3)c(=O)c(F)c2n1. The number of hydrogen-bond donors (Lipinski definition) is 3. The Kier molecular flexibility index (Phi) is 6.23. The number of nitrogens with one attached hydrogen (secondary N) is 1. The lowest BCUT2D eigenvalue weighted by Gasteiger charge is -2.34. The van der Waals surface area contributed by atoms with Gasteiger partial charge in [-0.1, -0.05) is 12.2 Å². The molecule has 36 heavy (non-hydrogen) atoms. The highest BCUT2D eigenvalue weighted by Crippen LogP contribution is 2.48. The van der Waals surface area contributed by atoms with Crippen LogP contribution in [-0.2, 0) is 5.54 Å². The molecule has 0 bridgehead atoms. The fourth-order valence-corrected chi connectivity index (χ4v) is 4.21. The van der Waals surface area contributed by atoms with Gasteiger partial charge in [0.25, 0.3) is 12.0 Å². The lowest BCUT2D eigenvalue weighted by atomic mass is 9.85. The lowest BCUT2D eigenvalue weighted by molar-refractivity contribution is -0.135. The van der Waals surface area contributed by atoms with E-state index in [4.69, 9.17) is 0 Å². The molecule has 2 aromatic rings. The normalized spacial score (nSPS) is 20.8. The molecule has 0 aliphatic heterocycles. The molecule has 0 radical (unpaired) electrons. The molecule has 2 heterocycles. The van der Waals surface area contributed by atoms with Gasteiger partial charge in [0.1, 0.15) is 40.4 Å². The van der Waals surface area contributed by atoms with Crippen molar-refractivity contribution in [2.45, 2.75) is 69.7 Å². The van der Waals surface area contributed by atoms with Crippen LogP contribution in [0.1, 0.15) is 38.9 Å². The largest absolute Gasteiger partial charge is 0.384 e. The molecule has 1 saturated carbocycles. The fourth-order valence-electron chi connectivity index (χ4n) is 4.21. The summed E-state index contributed by atoms with van der Waals surface area (Å²) in [4.78, 5) is 20.4. The number of aliphatic hydroxyl groups is 2. The first-order valence-corrected chi connectivity index (χ1v) is 11.1. The van der Waals surface area contributed by atoms with E-state index in [1.54, 1.807) is 0 Å². The van der Waals surface area contributed by atoms with Crippen LogP contribution in [0.15, 0.2) is 34.5 Å². The van der Waals surface area contributed by atoms with Gasteiger partial charge in [-0.3, -0.25) is 4.79 Å². The summed E-state index contributed by atoms with van der Waals surface area (Å²) in [5.41, 5.74) is -7.39. The molecule has 0 saturated heterocycles. The van der Waals surface area contributed by atoms with Crippen LogP contribution in [0.4, 0.5) is 32.2 Å². The summed E-state index contributed by atoms with van der Waals surface area (Å²) in [6.07, 6.45) is -2.18. The third-order valence-corrected chi connectivity index (χ3v) is 6.61. The molecule has 0 spiro atoms. The quantitative estimate of drug-likeness (QED) is 0.380. The van der Waals surface area contributed by atoms with Gasteiger partial charge in [0.2, 0.25) is 5.82 Å². The van der Waals surface area contributed by atoms with Crippen molar-refractivity contribution < 1.29 is 36.6 Å². The predicted octanol–water partition coefficient (Wildman–Crippen LogP) is 3.93. The lowest BCUT2D eigenvalue weighted by Crippen LogP contribution is -2.45. The Morgan fingerprint density at radius 3 is 2.42 bits per heavy atom. The zero-order valence-corrected chi connectivity index (χ0v) is 19.5. The second-order valence-electron chi connectivity index (χ2n) is 9.63. The highest BCUT2D eigenvalue weighted by atomic mass is 19.3. The van der Waals surface area contributed by atoms with Gasteiger partial charge < -0.3 is 20.1 Å². The van der Waals surface area contributed by atoms with Crippen LogP contribution in [0.3, 0.4) is 0 Å². The number of fused-ring (bicyclic) bond motifs is 1. The Morgan fingerprint density at radius 2 is 1.86 bits per heavy atom. The second kappa shape index (κ2) is 8.58. The zero-order valence-electron chi connectivity index (χ0n) is 19.5. The van der Waals surface area contributed by atoms with Crippen molar-refractivity contribution in [3.63, 3.8) is 0 Å². The molecule has 13 heteroatoms. The molecule has 4 rings (SSSR count). The van der Waals surface area contributed by atoms with E-state index in [0.29, 0.717) is 4.57 Å². The fraction of sp³-hybridized carbons (Fsp3) is 0.522. The molecule has 1 fully saturated rings. The number of rotatable bonds is 7. The van der Waals surface area contributed by atoms with E-state index < -0.39 is 63.9 Å². The number of alkyl halides is 4. The summed E-state index contributed by atoms with van der Waals surface area (Å²) in [7, 11) is 0. The highest BCUT2D eigenvalue weighted by Gasteiger charge is 2.54. The minimum atomic E-state index is -3.99. The van der Waals surface area contributed by atoms with Crippen molar-refractivity contribution in [3.8, 4) is 0 Å². The Hall–Kier alpha value is -2.93. The van der Waals surface area contributed by atoms with Gasteiger partial charge in [0.05, 0.1) is 16.9 Å². The summed E-state index contributed by atoms with van der Waals surface area (Å²) in [6.45, 7) is 2.97. The summed E-state index contributed by atoms with van der Waals surface area (Å²) in [6, 6.07) is 0. The third-order valence-electron chi connectivity index (χ3n) is 6.61. The molecule has 3 N–H and O–H groups in total. The van der Waals surface area contributed by atoms with Crippen LogP contribution in [0.25, 0.3) is 10.9 Å². The van der Waals surface area contributed by atoms with Crippen LogP contribution >= 0.6 is 0 Å². The molecular weight excluding hydrogens is 494 g/mol. The number of pyridine rings is 1. The van der Waals surface area contributed by atoms with Crippen LogP contribution in [0.5, 0.6) is 0 Å². The molecule has 0 amide bonds. The number of anilines is 1. The maximum absolute atomic E-state index is 15.1. The molecule has 196 valence electrons. The van der Waals surface area contributed by atoms with E-state index in [9.17, 15) is 37.0 Å². The number of aryl methyl sites for hydroxylation is 1. The number of allylic oxidation sites excluding steroid dienone is 2. The molecule has 2 aliphatic carbocycles. The molecule has 2 aliphatic rings. The van der Waals surface area contributed by atoms with E-state index in [2.05, 4.69) is 15.3 Å². The molecule has 2 aromatic heterocycles. The maximum atomic E-state index is 15.1. The van der Waals surface area contributed by atoms with E-state index in [-0.39, 0.29) is 36.3 Å². The van der Waals surface area contributed by atoms with Gasteiger partial charge in [-0.15, -0.1) is 0 Å². The Morgan fingerprint density at radius 1 is 1.22 bits per heavy atom. The first-order chi connectivity index (χ1) is 16.6. The Balaban J connectivity index is 1.77. The number of halogens is 6. The van der Waals surface area contributed by atoms with Crippen molar-refractivity contribution in [1.29, 1.82) is 0 Å². The van der Waals surface area contributed by atoms with E-state index in [1.807, 2.05) is 0 Å². The summed E-state index contributed by atoms with van der Waals surface area (Å²) >= 11 is 0. The summed E-state index contributed by atoms with van der Waals surface area (Å²) in [5, 5.41) is 22.7. The Labute approximate surface area is 201 Å². The topological polar surface area (TPSA) is 100 Å². The zero-order chi connectivity index (χ0) is 26.8. The smallest absolute Gasteiger partial charge is 0.303 e. The minimum absolute atomic E-state index is 0.0583. The number of aliphatic hydroxyl groups excluding tert-OH is 1. The average molecular weight is 518 g/mol. The monoisotopic (exact) mass is 518 g/mol. The van der Waals surface area contributed by atoms with Crippen molar-refractivity contribution in [2.24, 2.45) is 5.92 Å². The van der Waals surface area contributed by atoms with Crippen LogP contribution in [0, 0.1) is 18.7 Å². The second-order valence-corrected chi connectivity index (χ2v) is 9.63. The molecule has 2 atom stereocenters. The molecule has 1 unspecified atom stereocenters. The van der Waals surface area contributed by atoms with Gasteiger partial charge in [0, 0.05) is 6.20 Å². The van der Waals surface area contributed by atoms with E-state index in [0.717, 1.165) is 26.1 Å². The minimum Gasteiger partial charge on any atom is -0.384 e. The number of nitrogens with zero attached hydrogens (tertiary/aromatic N) is 3. The first-order valence-electron chi connectivity index (χ1n) is 11.1. The highest BCUT2D eigenvalue weighted by molar-refractivity contribution is 5.88. The van der Waals surface area contributed by atoms with Crippen molar-refractivity contribution in [1.82, 2.24) is 14.5 Å². The average Bonchev–Trinajstić information content (AvgIpc) is 3.57.